The third-order valence-corrected chi connectivity index (χ3v) is 11.9. The van der Waals surface area contributed by atoms with Gasteiger partial charge in [-0.25, -0.2) is 15.0 Å². The molecule has 3 heterocycles. The van der Waals surface area contributed by atoms with E-state index in [1.807, 2.05) is 158 Å². The molecule has 0 spiro atoms. The Morgan fingerprint density at radius 1 is 0.301 bits per heavy atom. The highest BCUT2D eigenvalue weighted by Gasteiger charge is 2.15. The number of halogens is 1. The molecule has 9 aromatic carbocycles. The Hall–Kier alpha value is -9.35. The van der Waals surface area contributed by atoms with Gasteiger partial charge in [0.2, 0.25) is 17.8 Å². The molecule has 0 atom stereocenters. The second-order valence-corrected chi connectivity index (χ2v) is 17.0. The van der Waals surface area contributed by atoms with Gasteiger partial charge in [0.1, 0.15) is 28.5 Å². The van der Waals surface area contributed by atoms with Crippen molar-refractivity contribution in [2.75, 3.05) is 17.2 Å². The molecule has 0 aliphatic rings. The van der Waals surface area contributed by atoms with Gasteiger partial charge in [0, 0.05) is 27.8 Å². The van der Waals surface area contributed by atoms with Gasteiger partial charge in [-0.15, -0.1) is 30.6 Å². The zero-order chi connectivity index (χ0) is 50.5. The molecule has 73 heavy (non-hydrogen) atoms. The van der Waals surface area contributed by atoms with Crippen LogP contribution in [0.25, 0.3) is 88.6 Å². The van der Waals surface area contributed by atoms with Crippen LogP contribution in [0.5, 0.6) is 0 Å². The van der Waals surface area contributed by atoms with Crippen molar-refractivity contribution >= 4 is 78.7 Å². The highest BCUT2D eigenvalue weighted by atomic mass is 79.9. The summed E-state index contributed by atoms with van der Waals surface area (Å²) >= 11 is 3.28. The van der Waals surface area contributed by atoms with E-state index in [1.54, 1.807) is 12.1 Å². The van der Waals surface area contributed by atoms with Gasteiger partial charge in [0.15, 0.2) is 4.60 Å². The SMILES string of the molecule is Nc1nnc(-c2ccc3ccccc3c2)c(-c2ccccc2)n1.Nc1nnc(-c2ccc3ccccc3c2)c(-c2ccccc2)n1.Nc1nnc(Br)c(-c2ccccc2)n1.OB(O)c1ccc2ccccc2c1. The summed E-state index contributed by atoms with van der Waals surface area (Å²) in [7, 11) is -1.38. The van der Waals surface area contributed by atoms with Gasteiger partial charge in [0.05, 0.1) is 0 Å². The summed E-state index contributed by atoms with van der Waals surface area (Å²) in [6.45, 7) is 0. The molecular weight excluding hydrogens is 975 g/mol. The van der Waals surface area contributed by atoms with Crippen molar-refractivity contribution in [1.29, 1.82) is 0 Å². The Morgan fingerprint density at radius 2 is 0.630 bits per heavy atom. The molecule has 3 aromatic heterocycles. The van der Waals surface area contributed by atoms with Gasteiger partial charge < -0.3 is 27.2 Å². The Labute approximate surface area is 428 Å². The van der Waals surface area contributed by atoms with Crippen LogP contribution >= 0.6 is 15.9 Å². The molecule has 16 heteroatoms. The van der Waals surface area contributed by atoms with Crippen molar-refractivity contribution < 1.29 is 10.0 Å². The molecule has 0 aliphatic heterocycles. The van der Waals surface area contributed by atoms with E-state index < -0.39 is 7.12 Å². The average molecular weight is 1020 g/mol. The van der Waals surface area contributed by atoms with Crippen molar-refractivity contribution in [2.45, 2.75) is 0 Å². The number of benzene rings is 9. The zero-order valence-corrected chi connectivity index (χ0v) is 40.5. The Bertz CT molecular complexity index is 3640. The monoisotopic (exact) mass is 1020 g/mol. The normalized spacial score (nSPS) is 10.6. The Morgan fingerprint density at radius 3 is 1.04 bits per heavy atom. The minimum atomic E-state index is -1.38. The molecule has 12 rings (SSSR count). The first kappa shape index (κ1) is 48.7. The van der Waals surface area contributed by atoms with Gasteiger partial charge in [-0.3, -0.25) is 0 Å². The first-order valence-electron chi connectivity index (χ1n) is 22.8. The van der Waals surface area contributed by atoms with Gasteiger partial charge >= 0.3 is 7.12 Å². The molecule has 0 amide bonds. The fraction of sp³-hybridized carbons (Fsp3) is 0. The summed E-state index contributed by atoms with van der Waals surface area (Å²) < 4.78 is 0.595. The van der Waals surface area contributed by atoms with E-state index in [4.69, 9.17) is 27.2 Å². The van der Waals surface area contributed by atoms with Gasteiger partial charge in [-0.05, 0) is 65.8 Å². The average Bonchev–Trinajstić information content (AvgIpc) is 3.44. The van der Waals surface area contributed by atoms with Gasteiger partial charge in [0.25, 0.3) is 0 Å². The molecule has 0 fully saturated rings. The number of hydrogen-bond acceptors (Lipinski definition) is 14. The first-order valence-corrected chi connectivity index (χ1v) is 23.6. The molecule has 0 saturated carbocycles. The lowest BCUT2D eigenvalue weighted by atomic mass is 9.79. The number of hydrogen-bond donors (Lipinski definition) is 5. The lowest BCUT2D eigenvalue weighted by Crippen LogP contribution is -2.29. The zero-order valence-electron chi connectivity index (χ0n) is 38.9. The fourth-order valence-corrected chi connectivity index (χ4v) is 8.20. The number of nitrogen functional groups attached to an aromatic ring is 3. The van der Waals surface area contributed by atoms with E-state index in [0.717, 1.165) is 72.1 Å². The molecule has 0 unspecified atom stereocenters. The lowest BCUT2D eigenvalue weighted by molar-refractivity contribution is 0.426. The third-order valence-electron chi connectivity index (χ3n) is 11.3. The molecule has 8 N–H and O–H groups in total. The molecular formula is C57H44BBrN12O2. The van der Waals surface area contributed by atoms with Crippen LogP contribution in [0.3, 0.4) is 0 Å². The van der Waals surface area contributed by atoms with Crippen LogP contribution in [-0.2, 0) is 0 Å². The van der Waals surface area contributed by atoms with E-state index in [1.165, 1.54) is 10.8 Å². The van der Waals surface area contributed by atoms with Crippen LogP contribution in [0, 0.1) is 0 Å². The molecule has 0 bridgehead atoms. The van der Waals surface area contributed by atoms with Crippen LogP contribution in [0.1, 0.15) is 0 Å². The topological polar surface area (TPSA) is 235 Å². The van der Waals surface area contributed by atoms with Crippen molar-refractivity contribution in [3.63, 3.8) is 0 Å². The molecule has 0 aliphatic carbocycles. The predicted octanol–water partition coefficient (Wildman–Crippen LogP) is 10.3. The van der Waals surface area contributed by atoms with Crippen molar-refractivity contribution in [3.8, 4) is 56.3 Å². The minimum absolute atomic E-state index is 0.173. The number of anilines is 3. The largest absolute Gasteiger partial charge is 0.488 e. The minimum Gasteiger partial charge on any atom is -0.423 e. The number of fused-ring (bicyclic) bond motifs is 3. The fourth-order valence-electron chi connectivity index (χ4n) is 7.81. The quantitative estimate of drug-likeness (QED) is 0.0975. The third kappa shape index (κ3) is 12.2. The second-order valence-electron chi connectivity index (χ2n) is 16.2. The Balaban J connectivity index is 0.000000124. The van der Waals surface area contributed by atoms with Crippen molar-refractivity contribution in [1.82, 2.24) is 45.5 Å². The summed E-state index contributed by atoms with van der Waals surface area (Å²) in [5, 5.41) is 48.6. The van der Waals surface area contributed by atoms with E-state index >= 15 is 0 Å². The van der Waals surface area contributed by atoms with Crippen LogP contribution in [0.4, 0.5) is 17.8 Å². The highest BCUT2D eigenvalue weighted by Crippen LogP contribution is 2.32. The maximum atomic E-state index is 8.94. The summed E-state index contributed by atoms with van der Waals surface area (Å²) in [6, 6.07) is 71.6. The number of nitrogens with two attached hydrogens (primary N) is 3. The van der Waals surface area contributed by atoms with Crippen LogP contribution in [0.2, 0.25) is 0 Å². The maximum Gasteiger partial charge on any atom is 0.488 e. The standard InChI is InChI=1S/2C19H14N4.C10H9BO2.C9H7BrN4/c2*20-19-21-17(14-7-2-1-3-8-14)18(22-23-19)16-11-10-13-6-4-5-9-15(13)12-16;12-11(13)10-6-5-8-3-1-2-4-9(8)7-10;10-8-7(12-9(11)14-13-8)6-4-2-1-3-5-6/h2*1-12H,(H2,20,21,23);1-7,12-13H;1-5H,(H2,11,12,14). The molecule has 0 saturated heterocycles. The molecule has 354 valence electrons. The predicted molar refractivity (Wildman–Crippen MR) is 296 cm³/mol. The smallest absolute Gasteiger partial charge is 0.423 e. The summed E-state index contributed by atoms with van der Waals surface area (Å²) in [5.74, 6) is 0.522. The van der Waals surface area contributed by atoms with Crippen molar-refractivity contribution in [3.05, 3.63) is 223 Å². The molecule has 12 aromatic rings. The number of rotatable bonds is 6. The van der Waals surface area contributed by atoms with Crippen LogP contribution in [-0.4, -0.2) is 62.7 Å². The summed E-state index contributed by atoms with van der Waals surface area (Å²) in [6.07, 6.45) is 0. The van der Waals surface area contributed by atoms with Crippen molar-refractivity contribution in [2.24, 2.45) is 0 Å². The van der Waals surface area contributed by atoms with E-state index in [-0.39, 0.29) is 17.8 Å². The van der Waals surface area contributed by atoms with Gasteiger partial charge in [-0.1, -0.05) is 206 Å². The number of nitrogens with zero attached hydrogens (tertiary/aromatic N) is 9. The summed E-state index contributed by atoms with van der Waals surface area (Å²) in [5.41, 5.74) is 26.0. The first-order chi connectivity index (χ1) is 35.7. The highest BCUT2D eigenvalue weighted by molar-refractivity contribution is 9.10. The number of aromatic nitrogens is 9. The van der Waals surface area contributed by atoms with E-state index in [9.17, 15) is 0 Å². The second kappa shape index (κ2) is 23.0. The van der Waals surface area contributed by atoms with E-state index in [2.05, 4.69) is 110 Å². The summed E-state index contributed by atoms with van der Waals surface area (Å²) in [4.78, 5) is 12.9. The van der Waals surface area contributed by atoms with Gasteiger partial charge in [-0.2, -0.15) is 0 Å². The molecule has 14 nitrogen and oxygen atoms in total. The lowest BCUT2D eigenvalue weighted by Gasteiger charge is -2.09. The van der Waals surface area contributed by atoms with E-state index in [0.29, 0.717) is 15.8 Å². The Kier molecular flexibility index (Phi) is 15.4. The maximum absolute atomic E-state index is 8.94. The molecule has 0 radical (unpaired) electrons. The van der Waals surface area contributed by atoms with Crippen LogP contribution in [0.15, 0.2) is 223 Å². The van der Waals surface area contributed by atoms with Crippen LogP contribution < -0.4 is 22.7 Å².